The van der Waals surface area contributed by atoms with Gasteiger partial charge in [0.25, 0.3) is 17.0 Å². The highest BCUT2D eigenvalue weighted by Gasteiger charge is 2.16. The molecule has 0 unspecified atom stereocenters. The third-order valence-electron chi connectivity index (χ3n) is 4.29. The molecule has 0 amide bonds. The van der Waals surface area contributed by atoms with Gasteiger partial charge in [0.15, 0.2) is 0 Å². The van der Waals surface area contributed by atoms with E-state index in [-0.39, 0.29) is 11.2 Å². The van der Waals surface area contributed by atoms with Crippen LogP contribution >= 0.6 is 0 Å². The smallest absolute Gasteiger partial charge is 0.274 e. The van der Waals surface area contributed by atoms with Crippen molar-refractivity contribution in [2.24, 2.45) is 0 Å². The van der Waals surface area contributed by atoms with Crippen LogP contribution in [-0.2, 0) is 0 Å². The number of pyridine rings is 1. The van der Waals surface area contributed by atoms with E-state index in [2.05, 4.69) is 15.1 Å². The first-order chi connectivity index (χ1) is 12.4. The van der Waals surface area contributed by atoms with Gasteiger partial charge in [-0.2, -0.15) is 9.50 Å². The molecule has 4 aromatic rings. The summed E-state index contributed by atoms with van der Waals surface area (Å²) in [6.07, 6.45) is 1.58. The van der Waals surface area contributed by atoms with Crippen LogP contribution in [0.2, 0.25) is 0 Å². The van der Waals surface area contributed by atoms with Crippen molar-refractivity contribution in [3.05, 3.63) is 68.0 Å². The van der Waals surface area contributed by atoms with Crippen molar-refractivity contribution in [2.45, 2.75) is 20.8 Å². The second-order valence-corrected chi connectivity index (χ2v) is 6.05. The predicted octanol–water partition coefficient (Wildman–Crippen LogP) is 2.26. The Morgan fingerprint density at radius 2 is 1.88 bits per heavy atom. The zero-order valence-electron chi connectivity index (χ0n) is 14.3. The largest absolute Gasteiger partial charge is 0.283 e. The summed E-state index contributed by atoms with van der Waals surface area (Å²) in [5, 5.41) is 15.9. The van der Waals surface area contributed by atoms with Gasteiger partial charge < -0.3 is 0 Å². The first-order valence-corrected chi connectivity index (χ1v) is 7.87. The normalized spacial score (nSPS) is 11.3. The Labute approximate surface area is 146 Å². The summed E-state index contributed by atoms with van der Waals surface area (Å²) in [5.74, 6) is 0.985. The number of rotatable bonds is 2. The number of hydrogen-bond donors (Lipinski definition) is 0. The lowest BCUT2D eigenvalue weighted by Gasteiger charge is -2.10. The van der Waals surface area contributed by atoms with E-state index < -0.39 is 4.92 Å². The summed E-state index contributed by atoms with van der Waals surface area (Å²) in [4.78, 5) is 32.4. The Bertz CT molecular complexity index is 1270. The molecule has 130 valence electrons. The van der Waals surface area contributed by atoms with Gasteiger partial charge in [-0.25, -0.2) is 4.98 Å². The van der Waals surface area contributed by atoms with E-state index in [0.29, 0.717) is 39.4 Å². The molecule has 0 N–H and O–H groups in total. The molecule has 3 heterocycles. The summed E-state index contributed by atoms with van der Waals surface area (Å²) < 4.78 is 2.90. The van der Waals surface area contributed by atoms with Gasteiger partial charge in [0.2, 0.25) is 0 Å². The average Bonchev–Trinajstić information content (AvgIpc) is 2.95. The lowest BCUT2D eigenvalue weighted by Crippen LogP contribution is -2.20. The molecule has 0 spiro atoms. The Balaban J connectivity index is 2.04. The summed E-state index contributed by atoms with van der Waals surface area (Å²) in [7, 11) is 0. The molecule has 3 aromatic heterocycles. The predicted molar refractivity (Wildman–Crippen MR) is 94.8 cm³/mol. The highest BCUT2D eigenvalue weighted by Crippen LogP contribution is 2.22. The first-order valence-electron chi connectivity index (χ1n) is 7.87. The molecule has 0 atom stereocenters. The highest BCUT2D eigenvalue weighted by molar-refractivity contribution is 5.82. The van der Waals surface area contributed by atoms with Gasteiger partial charge in [0.05, 0.1) is 27.2 Å². The van der Waals surface area contributed by atoms with Crippen molar-refractivity contribution >= 4 is 22.4 Å². The maximum absolute atomic E-state index is 13.1. The van der Waals surface area contributed by atoms with Crippen LogP contribution in [0.1, 0.15) is 17.1 Å². The summed E-state index contributed by atoms with van der Waals surface area (Å²) >= 11 is 0. The van der Waals surface area contributed by atoms with Crippen LogP contribution in [0.5, 0.6) is 0 Å². The molecule has 4 rings (SSSR count). The van der Waals surface area contributed by atoms with Crippen molar-refractivity contribution in [1.82, 2.24) is 24.1 Å². The third-order valence-corrected chi connectivity index (χ3v) is 4.29. The van der Waals surface area contributed by atoms with Crippen LogP contribution in [0.3, 0.4) is 0 Å². The molecular weight excluding hydrogens is 336 g/mol. The van der Waals surface area contributed by atoms with Gasteiger partial charge in [0, 0.05) is 17.8 Å². The number of hydrogen-bond acceptors (Lipinski definition) is 6. The second kappa shape index (κ2) is 5.45. The number of aryl methyl sites for hydroxylation is 3. The number of aromatic nitrogens is 5. The van der Waals surface area contributed by atoms with Crippen LogP contribution in [0.4, 0.5) is 5.69 Å². The second-order valence-electron chi connectivity index (χ2n) is 6.05. The van der Waals surface area contributed by atoms with Crippen molar-refractivity contribution in [3.8, 4) is 5.69 Å². The summed E-state index contributed by atoms with van der Waals surface area (Å²) in [6.45, 7) is 5.14. The Kier molecular flexibility index (Phi) is 3.33. The molecule has 0 aliphatic rings. The minimum Gasteiger partial charge on any atom is -0.283 e. The molecule has 0 fully saturated rings. The number of nitrogens with zero attached hydrogens (tertiary/aromatic N) is 6. The van der Waals surface area contributed by atoms with Crippen molar-refractivity contribution in [3.63, 3.8) is 0 Å². The molecule has 0 saturated carbocycles. The number of nitro benzene ring substituents is 1. The van der Waals surface area contributed by atoms with Crippen LogP contribution in [0.15, 0.2) is 35.3 Å². The number of fused-ring (bicyclic) bond motifs is 3. The number of nitro groups is 1. The molecule has 9 heteroatoms. The first kappa shape index (κ1) is 15.9. The fourth-order valence-corrected chi connectivity index (χ4v) is 3.03. The molecule has 0 aliphatic carbocycles. The SMILES string of the molecule is Cc1nc2nc(C)c3c(=O)n(-c4ccc(C)c([N+](=O)[O-])c4)ccc3n2n1. The lowest BCUT2D eigenvalue weighted by atomic mass is 10.1. The van der Waals surface area contributed by atoms with Crippen LogP contribution in [-0.4, -0.2) is 29.1 Å². The van der Waals surface area contributed by atoms with E-state index in [9.17, 15) is 14.9 Å². The molecule has 0 aliphatic heterocycles. The van der Waals surface area contributed by atoms with Crippen LogP contribution < -0.4 is 5.56 Å². The molecular formula is C17H14N6O3. The van der Waals surface area contributed by atoms with E-state index >= 15 is 0 Å². The monoisotopic (exact) mass is 350 g/mol. The van der Waals surface area contributed by atoms with Gasteiger partial charge in [0.1, 0.15) is 5.82 Å². The summed E-state index contributed by atoms with van der Waals surface area (Å²) in [6, 6.07) is 6.43. The minimum atomic E-state index is -0.459. The Morgan fingerprint density at radius 3 is 2.62 bits per heavy atom. The minimum absolute atomic E-state index is 0.0355. The van der Waals surface area contributed by atoms with E-state index in [4.69, 9.17) is 0 Å². The van der Waals surface area contributed by atoms with Crippen LogP contribution in [0, 0.1) is 30.9 Å². The third kappa shape index (κ3) is 2.25. The van der Waals surface area contributed by atoms with E-state index in [1.807, 2.05) is 0 Å². The van der Waals surface area contributed by atoms with Crippen molar-refractivity contribution < 1.29 is 4.92 Å². The van der Waals surface area contributed by atoms with E-state index in [0.717, 1.165) is 0 Å². The molecule has 0 saturated heterocycles. The van der Waals surface area contributed by atoms with Gasteiger partial charge in [-0.05, 0) is 32.9 Å². The van der Waals surface area contributed by atoms with Crippen molar-refractivity contribution in [1.29, 1.82) is 0 Å². The molecule has 0 radical (unpaired) electrons. The van der Waals surface area contributed by atoms with Gasteiger partial charge in [-0.3, -0.25) is 19.5 Å². The zero-order valence-corrected chi connectivity index (χ0v) is 14.3. The maximum atomic E-state index is 13.1. The van der Waals surface area contributed by atoms with Crippen LogP contribution in [0.25, 0.3) is 22.4 Å². The lowest BCUT2D eigenvalue weighted by molar-refractivity contribution is -0.385. The Hall–Kier alpha value is -3.62. The maximum Gasteiger partial charge on any atom is 0.274 e. The van der Waals surface area contributed by atoms with E-state index in [1.54, 1.807) is 45.2 Å². The highest BCUT2D eigenvalue weighted by atomic mass is 16.6. The van der Waals surface area contributed by atoms with E-state index in [1.165, 1.54) is 15.1 Å². The summed E-state index contributed by atoms with van der Waals surface area (Å²) in [5.41, 5.74) is 1.72. The number of benzene rings is 1. The average molecular weight is 350 g/mol. The fraction of sp³-hybridized carbons (Fsp3) is 0.176. The van der Waals surface area contributed by atoms with Gasteiger partial charge >= 0.3 is 0 Å². The van der Waals surface area contributed by atoms with Gasteiger partial charge in [-0.15, -0.1) is 5.10 Å². The topological polar surface area (TPSA) is 108 Å². The van der Waals surface area contributed by atoms with Crippen molar-refractivity contribution in [2.75, 3.05) is 0 Å². The quantitative estimate of drug-likeness (QED) is 0.405. The standard InChI is InChI=1S/C17H14N6O3/c1-9-4-5-12(8-14(9)23(25)26)21-7-6-13-15(16(21)24)10(2)18-17-19-11(3)20-22(13)17/h4-8H,1-3H3. The molecule has 9 nitrogen and oxygen atoms in total. The van der Waals surface area contributed by atoms with Gasteiger partial charge in [-0.1, -0.05) is 6.07 Å². The zero-order chi connectivity index (χ0) is 18.6. The molecule has 0 bridgehead atoms. The Morgan fingerprint density at radius 1 is 1.12 bits per heavy atom. The fourth-order valence-electron chi connectivity index (χ4n) is 3.03. The molecule has 1 aromatic carbocycles. The molecule has 26 heavy (non-hydrogen) atoms.